The van der Waals surface area contributed by atoms with Crippen LogP contribution < -0.4 is 5.73 Å². The zero-order chi connectivity index (χ0) is 19.1. The van der Waals surface area contributed by atoms with Crippen molar-refractivity contribution in [3.8, 4) is 11.3 Å². The van der Waals surface area contributed by atoms with E-state index in [9.17, 15) is 9.18 Å². The molecule has 0 unspecified atom stereocenters. The molecule has 138 valence electrons. The molecule has 0 aliphatic heterocycles. The van der Waals surface area contributed by atoms with Gasteiger partial charge in [0.05, 0.1) is 11.9 Å². The molecule has 0 saturated carbocycles. The van der Waals surface area contributed by atoms with Crippen LogP contribution in [0, 0.1) is 5.82 Å². The molecular formula is C19H22ClFN4O. The van der Waals surface area contributed by atoms with Gasteiger partial charge >= 0.3 is 0 Å². The van der Waals surface area contributed by atoms with Crippen LogP contribution in [0.15, 0.2) is 24.5 Å². The minimum Gasteiger partial charge on any atom is -0.381 e. The van der Waals surface area contributed by atoms with Crippen LogP contribution in [0.5, 0.6) is 0 Å². The Kier molecular flexibility index (Phi) is 7.09. The first-order valence-corrected chi connectivity index (χ1v) is 8.79. The van der Waals surface area contributed by atoms with Gasteiger partial charge in [0.2, 0.25) is 0 Å². The fraction of sp³-hybridized carbons (Fsp3) is 0.316. The predicted octanol–water partition coefficient (Wildman–Crippen LogP) is 4.42. The first-order chi connectivity index (χ1) is 12.5. The van der Waals surface area contributed by atoms with Crippen LogP contribution in [0.2, 0.25) is 5.15 Å². The first kappa shape index (κ1) is 19.8. The third-order valence-electron chi connectivity index (χ3n) is 3.95. The van der Waals surface area contributed by atoms with Crippen molar-refractivity contribution in [3.05, 3.63) is 46.6 Å². The van der Waals surface area contributed by atoms with Gasteiger partial charge < -0.3 is 10.6 Å². The van der Waals surface area contributed by atoms with Gasteiger partial charge in [0.15, 0.2) is 17.3 Å². The normalized spacial score (nSPS) is 11.1. The van der Waals surface area contributed by atoms with E-state index in [0.717, 1.165) is 25.8 Å². The Labute approximate surface area is 157 Å². The molecule has 2 rings (SSSR count). The van der Waals surface area contributed by atoms with Gasteiger partial charge in [0.1, 0.15) is 5.82 Å². The molecule has 0 atom stereocenters. The molecule has 5 nitrogen and oxygen atoms in total. The topological polar surface area (TPSA) is 72.1 Å². The highest BCUT2D eigenvalue weighted by Gasteiger charge is 2.13. The number of hydrogen-bond acceptors (Lipinski definition) is 5. The Balaban J connectivity index is 2.33. The minimum absolute atomic E-state index is 0.0239. The lowest BCUT2D eigenvalue weighted by atomic mass is 10.0. The molecule has 2 N–H and O–H groups in total. The van der Waals surface area contributed by atoms with Gasteiger partial charge in [-0.25, -0.2) is 14.4 Å². The van der Waals surface area contributed by atoms with E-state index in [1.807, 2.05) is 18.1 Å². The second kappa shape index (κ2) is 9.29. The van der Waals surface area contributed by atoms with Gasteiger partial charge in [-0.3, -0.25) is 4.79 Å². The van der Waals surface area contributed by atoms with Crippen LogP contribution in [0.3, 0.4) is 0 Å². The number of aromatic nitrogens is 2. The summed E-state index contributed by atoms with van der Waals surface area (Å²) >= 11 is 5.77. The number of carbonyl (C=O) groups is 1. The minimum atomic E-state index is -0.573. The number of halogens is 2. The summed E-state index contributed by atoms with van der Waals surface area (Å²) in [7, 11) is 1.96. The van der Waals surface area contributed by atoms with Crippen molar-refractivity contribution in [2.24, 2.45) is 0 Å². The fourth-order valence-electron chi connectivity index (χ4n) is 2.46. The average Bonchev–Trinajstić information content (AvgIpc) is 2.63. The number of nitrogen functional groups attached to an aromatic ring is 1. The molecule has 0 fully saturated rings. The molecule has 1 aromatic heterocycles. The number of carbonyl (C=O) groups excluding carboxylic acids is 1. The maximum atomic E-state index is 14.4. The molecule has 2 aromatic rings. The number of nitrogens with two attached hydrogens (primary N) is 1. The molecule has 0 saturated heterocycles. The van der Waals surface area contributed by atoms with Gasteiger partial charge in [-0.05, 0) is 36.4 Å². The van der Waals surface area contributed by atoms with Crippen LogP contribution in [0.25, 0.3) is 17.3 Å². The zero-order valence-electron chi connectivity index (χ0n) is 14.9. The van der Waals surface area contributed by atoms with Crippen molar-refractivity contribution in [1.82, 2.24) is 14.9 Å². The Bertz CT molecular complexity index is 810. The lowest BCUT2D eigenvalue weighted by molar-refractivity contribution is 0.112. The molecule has 0 radical (unpaired) electrons. The van der Waals surface area contributed by atoms with E-state index in [-0.39, 0.29) is 27.8 Å². The highest BCUT2D eigenvalue weighted by atomic mass is 35.5. The van der Waals surface area contributed by atoms with E-state index in [0.29, 0.717) is 11.8 Å². The monoisotopic (exact) mass is 376 g/mol. The van der Waals surface area contributed by atoms with Gasteiger partial charge in [-0.15, -0.1) is 0 Å². The molecule has 0 aliphatic rings. The lowest BCUT2D eigenvalue weighted by Crippen LogP contribution is -2.11. The molecule has 0 aliphatic carbocycles. The Morgan fingerprint density at radius 3 is 2.73 bits per heavy atom. The van der Waals surface area contributed by atoms with E-state index < -0.39 is 5.82 Å². The fourth-order valence-corrected chi connectivity index (χ4v) is 2.55. The Morgan fingerprint density at radius 1 is 1.31 bits per heavy atom. The zero-order valence-corrected chi connectivity index (χ0v) is 15.6. The van der Waals surface area contributed by atoms with Gasteiger partial charge in [-0.2, -0.15) is 0 Å². The number of aldehydes is 1. The molecular weight excluding hydrogens is 355 g/mol. The summed E-state index contributed by atoms with van der Waals surface area (Å²) in [5.74, 6) is -0.549. The van der Waals surface area contributed by atoms with E-state index in [4.69, 9.17) is 17.3 Å². The summed E-state index contributed by atoms with van der Waals surface area (Å²) in [6.07, 6.45) is 9.04. The van der Waals surface area contributed by atoms with Crippen LogP contribution >= 0.6 is 11.6 Å². The summed E-state index contributed by atoms with van der Waals surface area (Å²) in [5.41, 5.74) is 6.97. The lowest BCUT2D eigenvalue weighted by Gasteiger charge is -2.14. The van der Waals surface area contributed by atoms with Crippen molar-refractivity contribution in [2.45, 2.75) is 26.2 Å². The summed E-state index contributed by atoms with van der Waals surface area (Å²) in [6, 6.07) is 2.75. The third-order valence-corrected chi connectivity index (χ3v) is 4.24. The smallest absolute Gasteiger partial charge is 0.171 e. The van der Waals surface area contributed by atoms with Crippen molar-refractivity contribution in [3.63, 3.8) is 0 Å². The van der Waals surface area contributed by atoms with Crippen LogP contribution in [0.1, 0.15) is 42.1 Å². The number of anilines is 1. The molecule has 26 heavy (non-hydrogen) atoms. The molecule has 0 amide bonds. The molecule has 1 heterocycles. The molecule has 0 bridgehead atoms. The van der Waals surface area contributed by atoms with E-state index in [1.54, 1.807) is 12.1 Å². The summed E-state index contributed by atoms with van der Waals surface area (Å²) in [4.78, 5) is 21.3. The number of nitrogens with zero attached hydrogens (tertiary/aromatic N) is 3. The maximum Gasteiger partial charge on any atom is 0.171 e. The number of hydrogen-bond donors (Lipinski definition) is 1. The summed E-state index contributed by atoms with van der Waals surface area (Å²) in [5, 5.41) is 0.0625. The highest BCUT2D eigenvalue weighted by molar-refractivity contribution is 6.31. The van der Waals surface area contributed by atoms with Gasteiger partial charge in [0, 0.05) is 24.7 Å². The summed E-state index contributed by atoms with van der Waals surface area (Å²) in [6.45, 7) is 3.06. The molecule has 0 spiro atoms. The van der Waals surface area contributed by atoms with E-state index in [2.05, 4.69) is 16.9 Å². The van der Waals surface area contributed by atoms with Gasteiger partial charge in [-0.1, -0.05) is 31.4 Å². The van der Waals surface area contributed by atoms with Crippen molar-refractivity contribution in [1.29, 1.82) is 0 Å². The van der Waals surface area contributed by atoms with Crippen molar-refractivity contribution < 1.29 is 9.18 Å². The second-order valence-corrected chi connectivity index (χ2v) is 6.37. The molecule has 7 heteroatoms. The van der Waals surface area contributed by atoms with E-state index in [1.165, 1.54) is 12.3 Å². The van der Waals surface area contributed by atoms with Crippen molar-refractivity contribution in [2.75, 3.05) is 19.3 Å². The first-order valence-electron chi connectivity index (χ1n) is 8.41. The highest BCUT2D eigenvalue weighted by Crippen LogP contribution is 2.27. The van der Waals surface area contributed by atoms with E-state index >= 15 is 0 Å². The van der Waals surface area contributed by atoms with Crippen LogP contribution in [-0.2, 0) is 0 Å². The number of unbranched alkanes of at least 4 members (excludes halogenated alkanes) is 2. The second-order valence-electron chi connectivity index (χ2n) is 6.01. The SMILES string of the molecule is CCCCCN(C)/C=C\c1cc(-c2cnc(Cl)c(N)n2)c(F)cc1C=O. The third kappa shape index (κ3) is 5.02. The van der Waals surface area contributed by atoms with Crippen LogP contribution in [0.4, 0.5) is 10.2 Å². The van der Waals surface area contributed by atoms with Crippen LogP contribution in [-0.4, -0.2) is 34.7 Å². The number of benzene rings is 1. The largest absolute Gasteiger partial charge is 0.381 e. The molecule has 1 aromatic carbocycles. The maximum absolute atomic E-state index is 14.4. The number of rotatable bonds is 8. The Morgan fingerprint density at radius 2 is 2.08 bits per heavy atom. The summed E-state index contributed by atoms with van der Waals surface area (Å²) < 4.78 is 14.4. The van der Waals surface area contributed by atoms with Crippen molar-refractivity contribution >= 4 is 29.8 Å². The Hall–Kier alpha value is -2.47. The average molecular weight is 377 g/mol. The van der Waals surface area contributed by atoms with Gasteiger partial charge in [0.25, 0.3) is 0 Å². The quantitative estimate of drug-likeness (QED) is 0.545. The predicted molar refractivity (Wildman–Crippen MR) is 103 cm³/mol. The standard InChI is InChI=1S/C19H22ClFN4O/c1-3-4-5-7-25(2)8-6-13-9-15(16(21)10-14(13)12-26)17-11-23-18(20)19(22)24-17/h6,8-12H,3-5,7H2,1-2H3,(H2,22,24)/b8-6-.